The Morgan fingerprint density at radius 1 is 1.52 bits per heavy atom. The maximum Gasteiger partial charge on any atom is 0.410 e. The lowest BCUT2D eigenvalue weighted by Crippen LogP contribution is -2.49. The van der Waals surface area contributed by atoms with Crippen LogP contribution in [0.15, 0.2) is 18.6 Å². The van der Waals surface area contributed by atoms with E-state index in [1.807, 2.05) is 26.8 Å². The van der Waals surface area contributed by atoms with Crippen molar-refractivity contribution in [2.45, 2.75) is 51.8 Å². The van der Waals surface area contributed by atoms with Crippen LogP contribution >= 0.6 is 0 Å². The topological polar surface area (TPSA) is 67.3 Å². The van der Waals surface area contributed by atoms with Crippen molar-refractivity contribution in [3.05, 3.63) is 24.3 Å². The van der Waals surface area contributed by atoms with Crippen molar-refractivity contribution >= 4 is 6.09 Å². The Bertz CT molecular complexity index is 458. The molecule has 1 aliphatic heterocycles. The van der Waals surface area contributed by atoms with E-state index >= 15 is 0 Å². The summed E-state index contributed by atoms with van der Waals surface area (Å²) in [5.41, 5.74) is 0.512. The highest BCUT2D eigenvalue weighted by atomic mass is 16.6. The van der Waals surface area contributed by atoms with Gasteiger partial charge in [-0.25, -0.2) is 14.8 Å². The summed E-state index contributed by atoms with van der Waals surface area (Å²) in [5.74, 6) is 0. The van der Waals surface area contributed by atoms with Crippen LogP contribution in [0.3, 0.4) is 0 Å². The Morgan fingerprint density at radius 2 is 2.33 bits per heavy atom. The third kappa shape index (κ3) is 5.30. The molecule has 1 saturated heterocycles. The summed E-state index contributed by atoms with van der Waals surface area (Å²) >= 11 is 0. The Balaban J connectivity index is 1.82. The third-order valence-electron chi connectivity index (χ3n) is 3.29. The molecule has 1 aromatic heterocycles. The number of carbonyl (C=O) groups excluding carboxylic acids is 1. The molecule has 1 N–H and O–H groups in total. The van der Waals surface area contributed by atoms with Crippen molar-refractivity contribution in [3.63, 3.8) is 0 Å². The molecule has 1 aromatic rings. The van der Waals surface area contributed by atoms with Gasteiger partial charge in [0.1, 0.15) is 11.9 Å². The molecule has 1 atom stereocenters. The summed E-state index contributed by atoms with van der Waals surface area (Å²) in [6.45, 7) is 7.80. The molecule has 2 heterocycles. The first-order valence-electron chi connectivity index (χ1n) is 7.40. The Morgan fingerprint density at radius 3 is 3.00 bits per heavy atom. The van der Waals surface area contributed by atoms with Crippen LogP contribution in [0.2, 0.25) is 0 Å². The zero-order valence-corrected chi connectivity index (χ0v) is 13.0. The van der Waals surface area contributed by atoms with Gasteiger partial charge in [-0.2, -0.15) is 0 Å². The van der Waals surface area contributed by atoms with E-state index in [4.69, 9.17) is 4.74 Å². The van der Waals surface area contributed by atoms with Crippen molar-refractivity contribution in [2.75, 3.05) is 13.1 Å². The summed E-state index contributed by atoms with van der Waals surface area (Å²) in [7, 11) is 0. The zero-order valence-electron chi connectivity index (χ0n) is 13.0. The summed E-state index contributed by atoms with van der Waals surface area (Å²) in [5, 5.41) is 3.45. The Labute approximate surface area is 125 Å². The molecular weight excluding hydrogens is 268 g/mol. The highest BCUT2D eigenvalue weighted by Crippen LogP contribution is 2.15. The van der Waals surface area contributed by atoms with Crippen LogP contribution in [0.25, 0.3) is 0 Å². The van der Waals surface area contributed by atoms with Crippen LogP contribution in [0, 0.1) is 0 Å². The SMILES string of the molecule is CC(C)(C)OC(=O)N1CCCC(NCc2ccncn2)C1. The average Bonchev–Trinajstić information content (AvgIpc) is 2.45. The van der Waals surface area contributed by atoms with Gasteiger partial charge in [-0.15, -0.1) is 0 Å². The van der Waals surface area contributed by atoms with Crippen LogP contribution in [-0.4, -0.2) is 45.7 Å². The van der Waals surface area contributed by atoms with Gasteiger partial charge < -0.3 is 15.0 Å². The summed E-state index contributed by atoms with van der Waals surface area (Å²) in [4.78, 5) is 22.0. The van der Waals surface area contributed by atoms with Crippen LogP contribution in [-0.2, 0) is 11.3 Å². The van der Waals surface area contributed by atoms with E-state index in [0.29, 0.717) is 13.1 Å². The van der Waals surface area contributed by atoms with Gasteiger partial charge in [0, 0.05) is 31.9 Å². The zero-order chi connectivity index (χ0) is 15.3. The van der Waals surface area contributed by atoms with Crippen LogP contribution < -0.4 is 5.32 Å². The molecule has 1 aliphatic rings. The van der Waals surface area contributed by atoms with Crippen molar-refractivity contribution in [1.82, 2.24) is 20.2 Å². The maximum absolute atomic E-state index is 12.1. The van der Waals surface area contributed by atoms with Gasteiger partial charge in [0.15, 0.2) is 0 Å². The van der Waals surface area contributed by atoms with E-state index in [1.54, 1.807) is 17.4 Å². The molecule has 0 radical (unpaired) electrons. The molecule has 0 aromatic carbocycles. The molecule has 0 aliphatic carbocycles. The fourth-order valence-corrected chi connectivity index (χ4v) is 2.31. The monoisotopic (exact) mass is 292 g/mol. The molecule has 1 unspecified atom stereocenters. The maximum atomic E-state index is 12.1. The van der Waals surface area contributed by atoms with E-state index in [0.717, 1.165) is 25.1 Å². The van der Waals surface area contributed by atoms with Gasteiger partial charge in [-0.05, 0) is 39.7 Å². The summed E-state index contributed by atoms with van der Waals surface area (Å²) < 4.78 is 5.43. The molecule has 116 valence electrons. The smallest absolute Gasteiger partial charge is 0.410 e. The Hall–Kier alpha value is -1.69. The second kappa shape index (κ2) is 6.85. The summed E-state index contributed by atoms with van der Waals surface area (Å²) in [6.07, 6.45) is 5.10. The van der Waals surface area contributed by atoms with Gasteiger partial charge in [0.2, 0.25) is 0 Å². The number of hydrogen-bond acceptors (Lipinski definition) is 5. The second-order valence-corrected chi connectivity index (χ2v) is 6.35. The van der Waals surface area contributed by atoms with Gasteiger partial charge in [-0.1, -0.05) is 0 Å². The van der Waals surface area contributed by atoms with E-state index in [2.05, 4.69) is 15.3 Å². The molecule has 0 saturated carbocycles. The molecule has 0 bridgehead atoms. The van der Waals surface area contributed by atoms with E-state index in [9.17, 15) is 4.79 Å². The first-order chi connectivity index (χ1) is 9.94. The fourth-order valence-electron chi connectivity index (χ4n) is 2.31. The van der Waals surface area contributed by atoms with Gasteiger partial charge in [-0.3, -0.25) is 0 Å². The number of likely N-dealkylation sites (tertiary alicyclic amines) is 1. The van der Waals surface area contributed by atoms with Gasteiger partial charge >= 0.3 is 6.09 Å². The number of nitrogens with one attached hydrogen (secondary N) is 1. The number of carbonyl (C=O) groups is 1. The largest absolute Gasteiger partial charge is 0.444 e. The normalized spacial score (nSPS) is 19.4. The first kappa shape index (κ1) is 15.7. The number of aromatic nitrogens is 2. The van der Waals surface area contributed by atoms with E-state index < -0.39 is 5.60 Å². The minimum Gasteiger partial charge on any atom is -0.444 e. The molecule has 1 fully saturated rings. The molecule has 6 heteroatoms. The second-order valence-electron chi connectivity index (χ2n) is 6.35. The lowest BCUT2D eigenvalue weighted by Gasteiger charge is -2.34. The highest BCUT2D eigenvalue weighted by Gasteiger charge is 2.27. The van der Waals surface area contributed by atoms with Crippen LogP contribution in [0.4, 0.5) is 4.79 Å². The highest BCUT2D eigenvalue weighted by molar-refractivity contribution is 5.68. The van der Waals surface area contributed by atoms with Gasteiger partial charge in [0.05, 0.1) is 5.69 Å². The molecule has 1 amide bonds. The quantitative estimate of drug-likeness (QED) is 0.922. The summed E-state index contributed by atoms with van der Waals surface area (Å²) in [6, 6.07) is 2.17. The van der Waals surface area contributed by atoms with Crippen molar-refractivity contribution < 1.29 is 9.53 Å². The van der Waals surface area contributed by atoms with Crippen molar-refractivity contribution in [3.8, 4) is 0 Å². The van der Waals surface area contributed by atoms with Gasteiger partial charge in [0.25, 0.3) is 0 Å². The van der Waals surface area contributed by atoms with Crippen molar-refractivity contribution in [2.24, 2.45) is 0 Å². The standard InChI is InChI=1S/C15H24N4O2/c1-15(2,3)21-14(20)19-8-4-5-13(10-19)17-9-12-6-7-16-11-18-12/h6-7,11,13,17H,4-5,8-10H2,1-3H3. The number of piperidine rings is 1. The third-order valence-corrected chi connectivity index (χ3v) is 3.29. The average molecular weight is 292 g/mol. The lowest BCUT2D eigenvalue weighted by atomic mass is 10.1. The number of amides is 1. The minimum atomic E-state index is -0.446. The number of rotatable bonds is 3. The molecular formula is C15H24N4O2. The van der Waals surface area contributed by atoms with Crippen molar-refractivity contribution in [1.29, 1.82) is 0 Å². The molecule has 21 heavy (non-hydrogen) atoms. The minimum absolute atomic E-state index is 0.226. The molecule has 0 spiro atoms. The predicted molar refractivity (Wildman–Crippen MR) is 79.7 cm³/mol. The number of hydrogen-bond donors (Lipinski definition) is 1. The van der Waals surface area contributed by atoms with E-state index in [-0.39, 0.29) is 12.1 Å². The first-order valence-corrected chi connectivity index (χ1v) is 7.40. The lowest BCUT2D eigenvalue weighted by molar-refractivity contribution is 0.0187. The number of nitrogens with zero attached hydrogens (tertiary/aromatic N) is 3. The Kier molecular flexibility index (Phi) is 5.12. The van der Waals surface area contributed by atoms with Crippen LogP contribution in [0.1, 0.15) is 39.3 Å². The molecule has 6 nitrogen and oxygen atoms in total. The molecule has 2 rings (SSSR count). The van der Waals surface area contributed by atoms with Crippen LogP contribution in [0.5, 0.6) is 0 Å². The number of ether oxygens (including phenoxy) is 1. The predicted octanol–water partition coefficient (Wildman–Crippen LogP) is 1.97. The van der Waals surface area contributed by atoms with E-state index in [1.165, 1.54) is 0 Å². The fraction of sp³-hybridized carbons (Fsp3) is 0.667.